The van der Waals surface area contributed by atoms with Crippen LogP contribution in [-0.2, 0) is 9.47 Å². The Morgan fingerprint density at radius 2 is 2.00 bits per heavy atom. The highest BCUT2D eigenvalue weighted by Gasteiger charge is 2.00. The van der Waals surface area contributed by atoms with E-state index in [0.29, 0.717) is 42.9 Å². The summed E-state index contributed by atoms with van der Waals surface area (Å²) in [6.45, 7) is 2.39. The van der Waals surface area contributed by atoms with E-state index in [2.05, 4.69) is 0 Å². The third kappa shape index (κ3) is 5.77. The van der Waals surface area contributed by atoms with E-state index in [9.17, 15) is 0 Å². The molecule has 0 aliphatic carbocycles. The summed E-state index contributed by atoms with van der Waals surface area (Å²) < 4.78 is 15.7. The molecule has 1 rings (SSSR count). The van der Waals surface area contributed by atoms with Crippen LogP contribution in [0.25, 0.3) is 0 Å². The van der Waals surface area contributed by atoms with E-state index >= 15 is 0 Å². The molecule has 0 saturated carbocycles. The van der Waals surface area contributed by atoms with Gasteiger partial charge in [0, 0.05) is 25.3 Å². The number of halogens is 1. The van der Waals surface area contributed by atoms with Crippen molar-refractivity contribution in [3.8, 4) is 5.75 Å². The molecule has 0 aliphatic heterocycles. The fourth-order valence-electron chi connectivity index (χ4n) is 1.27. The molecule has 0 amide bonds. The van der Waals surface area contributed by atoms with Crippen LogP contribution < -0.4 is 10.5 Å². The number of anilines is 1. The molecule has 0 saturated heterocycles. The summed E-state index contributed by atoms with van der Waals surface area (Å²) in [6, 6.07) is 5.16. The van der Waals surface area contributed by atoms with Crippen LogP contribution in [0.15, 0.2) is 18.2 Å². The van der Waals surface area contributed by atoms with Crippen molar-refractivity contribution in [2.24, 2.45) is 0 Å². The highest BCUT2D eigenvalue weighted by Crippen LogP contribution is 2.24. The van der Waals surface area contributed by atoms with Gasteiger partial charge in [0.1, 0.15) is 12.4 Å². The van der Waals surface area contributed by atoms with Gasteiger partial charge in [-0.05, 0) is 24.6 Å². The predicted molar refractivity (Wildman–Crippen MR) is 68.7 cm³/mol. The SMILES string of the molecule is COCCCOCCOc1ccc(Cl)cc1N. The van der Waals surface area contributed by atoms with Crippen molar-refractivity contribution < 1.29 is 14.2 Å². The quantitative estimate of drug-likeness (QED) is 0.575. The third-order valence-electron chi connectivity index (χ3n) is 2.09. The van der Waals surface area contributed by atoms with Crippen LogP contribution in [0.2, 0.25) is 5.02 Å². The average molecular weight is 260 g/mol. The van der Waals surface area contributed by atoms with Crippen LogP contribution in [0.1, 0.15) is 6.42 Å². The van der Waals surface area contributed by atoms with Gasteiger partial charge in [-0.3, -0.25) is 0 Å². The van der Waals surface area contributed by atoms with Crippen molar-refractivity contribution in [3.63, 3.8) is 0 Å². The molecule has 0 aromatic heterocycles. The lowest BCUT2D eigenvalue weighted by atomic mass is 10.3. The minimum atomic E-state index is 0.471. The van der Waals surface area contributed by atoms with Gasteiger partial charge in [-0.15, -0.1) is 0 Å². The van der Waals surface area contributed by atoms with Crippen LogP contribution >= 0.6 is 11.6 Å². The minimum absolute atomic E-state index is 0.471. The topological polar surface area (TPSA) is 53.7 Å². The molecular formula is C12H18ClNO3. The standard InChI is InChI=1S/C12H18ClNO3/c1-15-5-2-6-16-7-8-17-12-4-3-10(13)9-11(12)14/h3-4,9H,2,5-8,14H2,1H3. The summed E-state index contributed by atoms with van der Waals surface area (Å²) in [7, 11) is 1.67. The molecule has 17 heavy (non-hydrogen) atoms. The van der Waals surface area contributed by atoms with Gasteiger partial charge in [0.15, 0.2) is 0 Å². The molecule has 96 valence electrons. The third-order valence-corrected chi connectivity index (χ3v) is 2.33. The zero-order valence-corrected chi connectivity index (χ0v) is 10.7. The number of rotatable bonds is 8. The van der Waals surface area contributed by atoms with E-state index in [1.54, 1.807) is 25.3 Å². The molecule has 0 aliphatic rings. The maximum Gasteiger partial charge on any atom is 0.142 e. The smallest absolute Gasteiger partial charge is 0.142 e. The Morgan fingerprint density at radius 3 is 2.71 bits per heavy atom. The van der Waals surface area contributed by atoms with Gasteiger partial charge in [0.05, 0.1) is 12.3 Å². The second kappa shape index (κ2) is 8.17. The number of benzene rings is 1. The van der Waals surface area contributed by atoms with Gasteiger partial charge in [-0.25, -0.2) is 0 Å². The van der Waals surface area contributed by atoms with Gasteiger partial charge in [-0.1, -0.05) is 11.6 Å². The molecule has 0 fully saturated rings. The molecule has 0 atom stereocenters. The molecule has 0 radical (unpaired) electrons. The Labute approximate surface area is 107 Å². The summed E-state index contributed by atoms with van der Waals surface area (Å²) in [5.41, 5.74) is 6.27. The summed E-state index contributed by atoms with van der Waals surface area (Å²) in [4.78, 5) is 0. The zero-order valence-electron chi connectivity index (χ0n) is 9.95. The van der Waals surface area contributed by atoms with Crippen molar-refractivity contribution in [2.45, 2.75) is 6.42 Å². The van der Waals surface area contributed by atoms with Crippen LogP contribution in [0.4, 0.5) is 5.69 Å². The molecule has 5 heteroatoms. The summed E-state index contributed by atoms with van der Waals surface area (Å²) >= 11 is 5.78. The number of nitrogen functional groups attached to an aromatic ring is 1. The number of ether oxygens (including phenoxy) is 3. The molecule has 0 bridgehead atoms. The average Bonchev–Trinajstić information content (AvgIpc) is 2.30. The lowest BCUT2D eigenvalue weighted by molar-refractivity contribution is 0.0808. The predicted octanol–water partition coefficient (Wildman–Crippen LogP) is 2.35. The van der Waals surface area contributed by atoms with Crippen LogP contribution in [0, 0.1) is 0 Å². The van der Waals surface area contributed by atoms with Crippen molar-refractivity contribution >= 4 is 17.3 Å². The monoisotopic (exact) mass is 259 g/mol. The van der Waals surface area contributed by atoms with E-state index in [4.69, 9.17) is 31.5 Å². The lowest BCUT2D eigenvalue weighted by Crippen LogP contribution is -2.09. The summed E-state index contributed by atoms with van der Waals surface area (Å²) in [5.74, 6) is 0.634. The Bertz CT molecular complexity index is 334. The van der Waals surface area contributed by atoms with Crippen molar-refractivity contribution in [1.29, 1.82) is 0 Å². The maximum atomic E-state index is 5.78. The Kier molecular flexibility index (Phi) is 6.77. The first kappa shape index (κ1) is 14.1. The van der Waals surface area contributed by atoms with Gasteiger partial charge >= 0.3 is 0 Å². The summed E-state index contributed by atoms with van der Waals surface area (Å²) in [6.07, 6.45) is 0.888. The molecule has 1 aromatic carbocycles. The molecule has 0 spiro atoms. The fraction of sp³-hybridized carbons (Fsp3) is 0.500. The molecule has 0 unspecified atom stereocenters. The van der Waals surface area contributed by atoms with Crippen molar-refractivity contribution in [3.05, 3.63) is 23.2 Å². The summed E-state index contributed by atoms with van der Waals surface area (Å²) in [5, 5.41) is 0.602. The van der Waals surface area contributed by atoms with E-state index in [1.807, 2.05) is 0 Å². The Balaban J connectivity index is 2.14. The Morgan fingerprint density at radius 1 is 1.18 bits per heavy atom. The first-order valence-electron chi connectivity index (χ1n) is 5.48. The van der Waals surface area contributed by atoms with Crippen molar-refractivity contribution in [2.75, 3.05) is 39.3 Å². The van der Waals surface area contributed by atoms with Crippen LogP contribution in [0.3, 0.4) is 0 Å². The molecule has 4 nitrogen and oxygen atoms in total. The first-order chi connectivity index (χ1) is 8.24. The lowest BCUT2D eigenvalue weighted by Gasteiger charge is -2.09. The second-order valence-corrected chi connectivity index (χ2v) is 3.93. The van der Waals surface area contributed by atoms with Crippen LogP contribution in [0.5, 0.6) is 5.75 Å². The number of hydrogen-bond donors (Lipinski definition) is 1. The van der Waals surface area contributed by atoms with Gasteiger partial charge in [0.2, 0.25) is 0 Å². The minimum Gasteiger partial charge on any atom is -0.489 e. The molecule has 0 heterocycles. The van der Waals surface area contributed by atoms with E-state index in [0.717, 1.165) is 6.42 Å². The van der Waals surface area contributed by atoms with E-state index in [1.165, 1.54) is 0 Å². The number of methoxy groups -OCH3 is 1. The van der Waals surface area contributed by atoms with E-state index in [-0.39, 0.29) is 0 Å². The highest BCUT2D eigenvalue weighted by molar-refractivity contribution is 6.30. The van der Waals surface area contributed by atoms with Gasteiger partial charge in [-0.2, -0.15) is 0 Å². The zero-order chi connectivity index (χ0) is 12.5. The molecular weight excluding hydrogens is 242 g/mol. The molecule has 1 aromatic rings. The Hall–Kier alpha value is -0.970. The number of nitrogens with two attached hydrogens (primary N) is 1. The van der Waals surface area contributed by atoms with Gasteiger partial charge in [0.25, 0.3) is 0 Å². The largest absolute Gasteiger partial charge is 0.489 e. The maximum absolute atomic E-state index is 5.78. The molecule has 2 N–H and O–H groups in total. The van der Waals surface area contributed by atoms with Gasteiger partial charge < -0.3 is 19.9 Å². The highest BCUT2D eigenvalue weighted by atomic mass is 35.5. The first-order valence-corrected chi connectivity index (χ1v) is 5.86. The normalized spacial score (nSPS) is 10.5. The van der Waals surface area contributed by atoms with E-state index < -0.39 is 0 Å². The van der Waals surface area contributed by atoms with Crippen molar-refractivity contribution in [1.82, 2.24) is 0 Å². The second-order valence-electron chi connectivity index (χ2n) is 3.49. The van der Waals surface area contributed by atoms with Crippen LogP contribution in [-0.4, -0.2) is 33.5 Å². The fourth-order valence-corrected chi connectivity index (χ4v) is 1.45. The number of hydrogen-bond acceptors (Lipinski definition) is 4.